The molecule has 0 radical (unpaired) electrons. The topological polar surface area (TPSA) is 52.7 Å². The molecule has 0 aromatic heterocycles. The second-order valence-electron chi connectivity index (χ2n) is 7.82. The van der Waals surface area contributed by atoms with Crippen molar-refractivity contribution in [1.82, 2.24) is 10.2 Å². The molecule has 7 heteroatoms. The summed E-state index contributed by atoms with van der Waals surface area (Å²) in [5.74, 6) is 0.468. The number of anilines is 1. The maximum Gasteiger partial charge on any atom is 0.253 e. The Balaban J connectivity index is 1.66. The Kier molecular flexibility index (Phi) is 8.27. The zero-order chi connectivity index (χ0) is 22.4. The lowest BCUT2D eigenvalue weighted by Gasteiger charge is -2.38. The molecule has 1 N–H and O–H groups in total. The van der Waals surface area contributed by atoms with E-state index in [1.807, 2.05) is 11.2 Å². The third-order valence-electron chi connectivity index (χ3n) is 5.84. The number of hydrogen-bond donors (Lipinski definition) is 1. The van der Waals surface area contributed by atoms with Crippen LogP contribution in [0.4, 0.5) is 5.69 Å². The van der Waals surface area contributed by atoms with Gasteiger partial charge in [-0.2, -0.15) is 11.8 Å². The van der Waals surface area contributed by atoms with E-state index in [9.17, 15) is 9.59 Å². The molecule has 1 heterocycles. The minimum Gasteiger partial charge on any atom is -0.368 e. The van der Waals surface area contributed by atoms with Crippen molar-refractivity contribution >= 4 is 40.9 Å². The number of nitrogens with one attached hydrogen (secondary N) is 1. The number of carbonyl (C=O) groups excluding carboxylic acids is 2. The van der Waals surface area contributed by atoms with Gasteiger partial charge in [-0.05, 0) is 61.6 Å². The van der Waals surface area contributed by atoms with Gasteiger partial charge in [0.05, 0.1) is 10.6 Å². The smallest absolute Gasteiger partial charge is 0.253 e. The molecule has 166 valence electrons. The highest BCUT2D eigenvalue weighted by molar-refractivity contribution is 7.98. The minimum absolute atomic E-state index is 0.0185. The maximum absolute atomic E-state index is 13.3. The van der Waals surface area contributed by atoms with Crippen LogP contribution in [0, 0.1) is 13.8 Å². The number of hydrogen-bond acceptors (Lipinski definition) is 4. The van der Waals surface area contributed by atoms with Gasteiger partial charge in [0.2, 0.25) is 5.91 Å². The molecule has 2 aromatic carbocycles. The predicted octanol–water partition coefficient (Wildman–Crippen LogP) is 4.16. The van der Waals surface area contributed by atoms with E-state index < -0.39 is 6.04 Å². The number of piperazine rings is 1. The van der Waals surface area contributed by atoms with Gasteiger partial charge in [0.1, 0.15) is 6.04 Å². The summed E-state index contributed by atoms with van der Waals surface area (Å²) in [6, 6.07) is 12.7. The van der Waals surface area contributed by atoms with Gasteiger partial charge >= 0.3 is 0 Å². The van der Waals surface area contributed by atoms with Crippen molar-refractivity contribution in [2.45, 2.75) is 26.3 Å². The fraction of sp³-hybridized carbons (Fsp3) is 0.417. The normalized spacial score (nSPS) is 15.0. The van der Waals surface area contributed by atoms with Gasteiger partial charge < -0.3 is 15.1 Å². The van der Waals surface area contributed by atoms with Crippen LogP contribution in [0.25, 0.3) is 0 Å². The molecule has 1 saturated heterocycles. The zero-order valence-corrected chi connectivity index (χ0v) is 19.9. The first-order valence-corrected chi connectivity index (χ1v) is 12.3. The van der Waals surface area contributed by atoms with Crippen molar-refractivity contribution in [3.63, 3.8) is 0 Å². The van der Waals surface area contributed by atoms with E-state index in [4.69, 9.17) is 11.6 Å². The van der Waals surface area contributed by atoms with E-state index >= 15 is 0 Å². The van der Waals surface area contributed by atoms with E-state index in [0.717, 1.165) is 18.8 Å². The lowest BCUT2D eigenvalue weighted by atomic mass is 10.1. The first-order valence-electron chi connectivity index (χ1n) is 10.6. The quantitative estimate of drug-likeness (QED) is 0.675. The molecule has 0 aliphatic carbocycles. The van der Waals surface area contributed by atoms with Crippen molar-refractivity contribution in [1.29, 1.82) is 0 Å². The fourth-order valence-corrected chi connectivity index (χ4v) is 4.53. The third-order valence-corrected chi connectivity index (χ3v) is 6.81. The molecule has 31 heavy (non-hydrogen) atoms. The van der Waals surface area contributed by atoms with E-state index in [2.05, 4.69) is 42.3 Å². The van der Waals surface area contributed by atoms with Crippen LogP contribution >= 0.6 is 23.4 Å². The van der Waals surface area contributed by atoms with Gasteiger partial charge in [0.25, 0.3) is 5.91 Å². The second-order valence-corrected chi connectivity index (χ2v) is 9.21. The number of benzene rings is 2. The van der Waals surface area contributed by atoms with Gasteiger partial charge in [0.15, 0.2) is 0 Å². The highest BCUT2D eigenvalue weighted by atomic mass is 35.5. The summed E-state index contributed by atoms with van der Waals surface area (Å²) in [6.07, 6.45) is 2.59. The summed E-state index contributed by atoms with van der Waals surface area (Å²) in [4.78, 5) is 30.2. The van der Waals surface area contributed by atoms with Crippen LogP contribution < -0.4 is 10.2 Å². The molecule has 0 spiro atoms. The molecular weight excluding hydrogens is 430 g/mol. The summed E-state index contributed by atoms with van der Waals surface area (Å²) in [7, 11) is 0. The third kappa shape index (κ3) is 5.74. The molecule has 1 atom stereocenters. The number of thioether (sulfide) groups is 1. The van der Waals surface area contributed by atoms with Gasteiger partial charge in [0, 0.05) is 31.9 Å². The van der Waals surface area contributed by atoms with Crippen LogP contribution in [0.2, 0.25) is 5.02 Å². The fourth-order valence-electron chi connectivity index (χ4n) is 3.84. The Hall–Kier alpha value is -2.18. The average Bonchev–Trinajstić information content (AvgIpc) is 2.78. The number of nitrogens with zero attached hydrogens (tertiary/aromatic N) is 2. The molecule has 0 saturated carbocycles. The summed E-state index contributed by atoms with van der Waals surface area (Å²) in [5.41, 5.74) is 4.19. The summed E-state index contributed by atoms with van der Waals surface area (Å²) < 4.78 is 0. The highest BCUT2D eigenvalue weighted by Crippen LogP contribution is 2.24. The molecule has 1 unspecified atom stereocenters. The van der Waals surface area contributed by atoms with E-state index in [1.165, 1.54) is 16.8 Å². The Morgan fingerprint density at radius 2 is 1.77 bits per heavy atom. The number of halogens is 1. The maximum atomic E-state index is 13.3. The van der Waals surface area contributed by atoms with Crippen molar-refractivity contribution < 1.29 is 9.59 Å². The molecule has 1 fully saturated rings. The Morgan fingerprint density at radius 3 is 2.45 bits per heavy atom. The second kappa shape index (κ2) is 10.9. The Bertz CT molecular complexity index is 929. The molecule has 1 aliphatic rings. The monoisotopic (exact) mass is 459 g/mol. The van der Waals surface area contributed by atoms with Crippen molar-refractivity contribution in [2.24, 2.45) is 0 Å². The van der Waals surface area contributed by atoms with Gasteiger partial charge in [-0.1, -0.05) is 35.9 Å². The van der Waals surface area contributed by atoms with E-state index in [1.54, 1.807) is 36.0 Å². The summed E-state index contributed by atoms with van der Waals surface area (Å²) in [5, 5.41) is 3.31. The van der Waals surface area contributed by atoms with Crippen molar-refractivity contribution in [2.75, 3.05) is 43.1 Å². The average molecular weight is 460 g/mol. The molecule has 3 rings (SSSR count). The standard InChI is InChI=1S/C24H30ClN3O2S/c1-17-7-6-10-22(18(17)2)27-12-14-28(15-13-27)24(30)21(11-16-31-3)26-23(29)19-8-4-5-9-20(19)25/h4-10,21H,11-16H2,1-3H3,(H,26,29). The van der Waals surface area contributed by atoms with E-state index in [0.29, 0.717) is 30.1 Å². The summed E-state index contributed by atoms with van der Waals surface area (Å²) in [6.45, 7) is 7.11. The first kappa shape index (κ1) is 23.5. The minimum atomic E-state index is -0.552. The highest BCUT2D eigenvalue weighted by Gasteiger charge is 2.29. The van der Waals surface area contributed by atoms with Crippen LogP contribution in [-0.2, 0) is 4.79 Å². The van der Waals surface area contributed by atoms with Crippen LogP contribution in [0.15, 0.2) is 42.5 Å². The lowest BCUT2D eigenvalue weighted by Crippen LogP contribution is -2.55. The first-order chi connectivity index (χ1) is 14.9. The molecule has 0 bridgehead atoms. The van der Waals surface area contributed by atoms with Gasteiger partial charge in [-0.15, -0.1) is 0 Å². The summed E-state index contributed by atoms with van der Waals surface area (Å²) >= 11 is 7.83. The Labute approximate surface area is 194 Å². The van der Waals surface area contributed by atoms with Gasteiger partial charge in [-0.25, -0.2) is 0 Å². The number of aryl methyl sites for hydroxylation is 1. The SMILES string of the molecule is CSCCC(NC(=O)c1ccccc1Cl)C(=O)N1CCN(c2cccc(C)c2C)CC1. The van der Waals surface area contributed by atoms with Gasteiger partial charge in [-0.3, -0.25) is 9.59 Å². The Morgan fingerprint density at radius 1 is 1.06 bits per heavy atom. The molecular formula is C24H30ClN3O2S. The zero-order valence-electron chi connectivity index (χ0n) is 18.4. The van der Waals surface area contributed by atoms with E-state index in [-0.39, 0.29) is 11.8 Å². The van der Waals surface area contributed by atoms with Crippen LogP contribution in [-0.4, -0.2) is 60.9 Å². The van der Waals surface area contributed by atoms with Crippen LogP contribution in [0.1, 0.15) is 27.9 Å². The van der Waals surface area contributed by atoms with Crippen LogP contribution in [0.5, 0.6) is 0 Å². The molecule has 5 nitrogen and oxygen atoms in total. The predicted molar refractivity (Wildman–Crippen MR) is 130 cm³/mol. The number of amides is 2. The van der Waals surface area contributed by atoms with Crippen molar-refractivity contribution in [3.05, 3.63) is 64.2 Å². The largest absolute Gasteiger partial charge is 0.368 e. The molecule has 1 aliphatic heterocycles. The number of rotatable bonds is 7. The molecule has 2 aromatic rings. The number of carbonyl (C=O) groups is 2. The van der Waals surface area contributed by atoms with Crippen LogP contribution in [0.3, 0.4) is 0 Å². The molecule has 2 amide bonds. The van der Waals surface area contributed by atoms with Crippen molar-refractivity contribution in [3.8, 4) is 0 Å². The lowest BCUT2D eigenvalue weighted by molar-refractivity contribution is -0.133.